The van der Waals surface area contributed by atoms with E-state index in [1.807, 2.05) is 12.3 Å². The number of pyridine rings is 1. The molecule has 0 radical (unpaired) electrons. The molecule has 4 nitrogen and oxygen atoms in total. The molecule has 0 saturated heterocycles. The van der Waals surface area contributed by atoms with Crippen LogP contribution in [0.5, 0.6) is 0 Å². The summed E-state index contributed by atoms with van der Waals surface area (Å²) >= 11 is 0. The Morgan fingerprint density at radius 2 is 2.18 bits per heavy atom. The van der Waals surface area contributed by atoms with Crippen LogP contribution < -0.4 is 5.73 Å². The minimum Gasteiger partial charge on any atom is -0.354 e. The van der Waals surface area contributed by atoms with Gasteiger partial charge in [0.1, 0.15) is 0 Å². The van der Waals surface area contributed by atoms with Crippen molar-refractivity contribution in [1.29, 1.82) is 0 Å². The third kappa shape index (κ3) is 2.49. The zero-order chi connectivity index (χ0) is 12.3. The molecule has 0 aliphatic heterocycles. The van der Waals surface area contributed by atoms with Crippen molar-refractivity contribution in [3.05, 3.63) is 29.6 Å². The molecule has 1 aromatic rings. The summed E-state index contributed by atoms with van der Waals surface area (Å²) in [5.74, 6) is 0.227. The van der Waals surface area contributed by atoms with Crippen molar-refractivity contribution in [3.8, 4) is 0 Å². The molecular weight excluding hydrogens is 216 g/mol. The summed E-state index contributed by atoms with van der Waals surface area (Å²) in [6, 6.07) is 3.95. The third-order valence-electron chi connectivity index (χ3n) is 3.48. The summed E-state index contributed by atoms with van der Waals surface area (Å²) in [6.07, 6.45) is 4.76. The lowest BCUT2D eigenvalue weighted by Gasteiger charge is -2.32. The average Bonchev–Trinajstić information content (AvgIpc) is 2.39. The minimum absolute atomic E-state index is 0.168. The fourth-order valence-corrected chi connectivity index (χ4v) is 2.62. The van der Waals surface area contributed by atoms with Gasteiger partial charge in [-0.1, -0.05) is 6.07 Å². The fourth-order valence-electron chi connectivity index (χ4n) is 2.62. The van der Waals surface area contributed by atoms with E-state index in [-0.39, 0.29) is 18.2 Å². The first-order valence-electron chi connectivity index (χ1n) is 6.03. The number of ether oxygens (including phenoxy) is 2. The lowest BCUT2D eigenvalue weighted by Crippen LogP contribution is -2.43. The Balaban J connectivity index is 2.23. The van der Waals surface area contributed by atoms with Crippen molar-refractivity contribution in [2.45, 2.75) is 37.5 Å². The number of rotatable bonds is 4. The molecule has 0 bridgehead atoms. The fraction of sp³-hybridized carbons (Fsp3) is 0.615. The Hall–Kier alpha value is -0.970. The number of methoxy groups -OCH3 is 2. The van der Waals surface area contributed by atoms with Gasteiger partial charge in [-0.2, -0.15) is 0 Å². The van der Waals surface area contributed by atoms with Crippen LogP contribution in [0.25, 0.3) is 0 Å². The number of aryl methyl sites for hydroxylation is 1. The number of nitrogens with two attached hydrogens (primary N) is 1. The van der Waals surface area contributed by atoms with Crippen LogP contribution in [-0.4, -0.2) is 31.5 Å². The van der Waals surface area contributed by atoms with Crippen molar-refractivity contribution in [2.75, 3.05) is 14.2 Å². The maximum absolute atomic E-state index is 6.24. The van der Waals surface area contributed by atoms with E-state index in [0.717, 1.165) is 25.0 Å². The van der Waals surface area contributed by atoms with Gasteiger partial charge in [0, 0.05) is 32.0 Å². The number of hydrogen-bond donors (Lipinski definition) is 1. The first-order chi connectivity index (χ1) is 8.27. The van der Waals surface area contributed by atoms with Gasteiger partial charge >= 0.3 is 0 Å². The Morgan fingerprint density at radius 1 is 1.41 bits per heavy atom. The molecule has 1 aliphatic carbocycles. The largest absolute Gasteiger partial charge is 0.354 e. The quantitative estimate of drug-likeness (QED) is 0.804. The topological polar surface area (TPSA) is 57.4 Å². The van der Waals surface area contributed by atoms with Crippen molar-refractivity contribution in [3.63, 3.8) is 0 Å². The lowest BCUT2D eigenvalue weighted by molar-refractivity contribution is -0.121. The van der Waals surface area contributed by atoms with Crippen LogP contribution in [0.4, 0.5) is 0 Å². The van der Waals surface area contributed by atoms with Crippen LogP contribution in [0.15, 0.2) is 18.3 Å². The van der Waals surface area contributed by atoms with Crippen molar-refractivity contribution in [2.24, 2.45) is 5.73 Å². The highest BCUT2D eigenvalue weighted by molar-refractivity contribution is 5.27. The molecule has 0 aromatic carbocycles. The van der Waals surface area contributed by atoms with Gasteiger partial charge in [-0.25, -0.2) is 0 Å². The van der Waals surface area contributed by atoms with E-state index in [4.69, 9.17) is 15.2 Å². The maximum atomic E-state index is 6.24. The van der Waals surface area contributed by atoms with E-state index in [0.29, 0.717) is 0 Å². The average molecular weight is 236 g/mol. The summed E-state index contributed by atoms with van der Waals surface area (Å²) in [7, 11) is 3.24. The van der Waals surface area contributed by atoms with Gasteiger partial charge in [0.25, 0.3) is 0 Å². The van der Waals surface area contributed by atoms with Crippen LogP contribution in [0.3, 0.4) is 0 Å². The molecule has 1 aromatic heterocycles. The predicted molar refractivity (Wildman–Crippen MR) is 65.7 cm³/mol. The van der Waals surface area contributed by atoms with Gasteiger partial charge in [-0.3, -0.25) is 4.98 Å². The molecule has 1 heterocycles. The molecule has 17 heavy (non-hydrogen) atoms. The molecule has 0 spiro atoms. The van der Waals surface area contributed by atoms with Gasteiger partial charge < -0.3 is 15.2 Å². The third-order valence-corrected chi connectivity index (χ3v) is 3.48. The Labute approximate surface area is 102 Å². The second-order valence-electron chi connectivity index (χ2n) is 4.46. The van der Waals surface area contributed by atoms with Crippen LogP contribution in [-0.2, 0) is 15.9 Å². The standard InChI is InChI=1S/C13H20N2O2/c1-16-13(17-2)11(14)10-7-3-5-9-6-4-8-15-12(9)10/h4,6,8,10-11,13H,3,5,7,14H2,1-2H3. The van der Waals surface area contributed by atoms with Crippen molar-refractivity contribution >= 4 is 0 Å². The molecule has 0 saturated carbocycles. The van der Waals surface area contributed by atoms with Gasteiger partial charge in [-0.05, 0) is 30.9 Å². The van der Waals surface area contributed by atoms with E-state index in [1.165, 1.54) is 5.56 Å². The highest BCUT2D eigenvalue weighted by Gasteiger charge is 2.31. The molecule has 2 N–H and O–H groups in total. The molecule has 2 atom stereocenters. The monoisotopic (exact) mass is 236 g/mol. The van der Waals surface area contributed by atoms with Crippen LogP contribution in [0.1, 0.15) is 30.0 Å². The molecule has 2 rings (SSSR count). The minimum atomic E-state index is -0.368. The second kappa shape index (κ2) is 5.58. The van der Waals surface area contributed by atoms with Crippen LogP contribution >= 0.6 is 0 Å². The number of hydrogen-bond acceptors (Lipinski definition) is 4. The van der Waals surface area contributed by atoms with Crippen LogP contribution in [0.2, 0.25) is 0 Å². The van der Waals surface area contributed by atoms with E-state index in [9.17, 15) is 0 Å². The second-order valence-corrected chi connectivity index (χ2v) is 4.46. The van der Waals surface area contributed by atoms with E-state index in [2.05, 4.69) is 11.1 Å². The molecule has 94 valence electrons. The Kier molecular flexibility index (Phi) is 4.10. The van der Waals surface area contributed by atoms with Crippen molar-refractivity contribution < 1.29 is 9.47 Å². The van der Waals surface area contributed by atoms with E-state index >= 15 is 0 Å². The first-order valence-corrected chi connectivity index (χ1v) is 6.03. The molecule has 0 fully saturated rings. The van der Waals surface area contributed by atoms with Crippen molar-refractivity contribution in [1.82, 2.24) is 4.98 Å². The summed E-state index contributed by atoms with van der Waals surface area (Å²) < 4.78 is 10.5. The number of aromatic nitrogens is 1. The molecule has 0 amide bonds. The Bertz CT molecular complexity index is 366. The zero-order valence-electron chi connectivity index (χ0n) is 10.4. The normalized spacial score (nSPS) is 21.3. The molecule has 4 heteroatoms. The Morgan fingerprint density at radius 3 is 2.88 bits per heavy atom. The summed E-state index contributed by atoms with van der Waals surface area (Å²) in [5.41, 5.74) is 8.66. The number of nitrogens with zero attached hydrogens (tertiary/aromatic N) is 1. The summed E-state index contributed by atoms with van der Waals surface area (Å²) in [5, 5.41) is 0. The van der Waals surface area contributed by atoms with Gasteiger partial charge in [0.05, 0.1) is 6.04 Å². The number of fused-ring (bicyclic) bond motifs is 1. The van der Waals surface area contributed by atoms with E-state index < -0.39 is 0 Å². The van der Waals surface area contributed by atoms with Gasteiger partial charge in [0.2, 0.25) is 0 Å². The molecule has 1 aliphatic rings. The predicted octanol–water partition coefficient (Wildman–Crippen LogP) is 1.45. The zero-order valence-corrected chi connectivity index (χ0v) is 10.4. The highest BCUT2D eigenvalue weighted by Crippen LogP contribution is 2.33. The lowest BCUT2D eigenvalue weighted by atomic mass is 9.82. The van der Waals surface area contributed by atoms with E-state index in [1.54, 1.807) is 14.2 Å². The maximum Gasteiger partial charge on any atom is 0.172 e. The van der Waals surface area contributed by atoms with Crippen LogP contribution in [0, 0.1) is 0 Å². The highest BCUT2D eigenvalue weighted by atomic mass is 16.7. The van der Waals surface area contributed by atoms with Gasteiger partial charge in [0.15, 0.2) is 6.29 Å². The summed E-state index contributed by atoms with van der Waals surface area (Å²) in [6.45, 7) is 0. The molecule has 2 unspecified atom stereocenters. The summed E-state index contributed by atoms with van der Waals surface area (Å²) in [4.78, 5) is 4.48. The van der Waals surface area contributed by atoms with Gasteiger partial charge in [-0.15, -0.1) is 0 Å². The SMILES string of the molecule is COC(OC)C(N)C1CCCc2cccnc21. The first kappa shape index (κ1) is 12.5. The smallest absolute Gasteiger partial charge is 0.172 e. The molecular formula is C13H20N2O2.